The molecule has 1 aliphatic heterocycles. The molecule has 1 aromatic rings. The van der Waals surface area contributed by atoms with E-state index in [1.165, 1.54) is 6.07 Å². The van der Waals surface area contributed by atoms with Gasteiger partial charge in [-0.05, 0) is 18.6 Å². The average molecular weight is 228 g/mol. The zero-order chi connectivity index (χ0) is 10.9. The summed E-state index contributed by atoms with van der Waals surface area (Å²) in [5.41, 5.74) is 5.86. The second-order valence-electron chi connectivity index (χ2n) is 3.26. The van der Waals surface area contributed by atoms with Crippen molar-refractivity contribution in [2.24, 2.45) is 0 Å². The van der Waals surface area contributed by atoms with Crippen LogP contribution in [0.1, 0.15) is 6.42 Å². The van der Waals surface area contributed by atoms with Gasteiger partial charge in [-0.15, -0.1) is 0 Å². The van der Waals surface area contributed by atoms with Gasteiger partial charge in [-0.2, -0.15) is 0 Å². The molecule has 5 nitrogen and oxygen atoms in total. The number of nitrogens with two attached hydrogens (primary N) is 1. The minimum absolute atomic E-state index is 0.104. The van der Waals surface area contributed by atoms with Crippen LogP contribution in [0.2, 0.25) is 0 Å². The molecule has 0 aromatic heterocycles. The molecule has 0 aliphatic carbocycles. The first kappa shape index (κ1) is 10.4. The maximum absolute atomic E-state index is 12.0. The molecule has 0 atom stereocenters. The summed E-state index contributed by atoms with van der Waals surface area (Å²) in [6.45, 7) is 0.822. The zero-order valence-corrected chi connectivity index (χ0v) is 8.90. The van der Waals surface area contributed by atoms with E-state index in [4.69, 9.17) is 10.6 Å². The lowest BCUT2D eigenvalue weighted by atomic mass is 10.3. The number of para-hydroxylation sites is 1. The Morgan fingerprint density at radius 3 is 2.67 bits per heavy atom. The minimum atomic E-state index is -3.58. The van der Waals surface area contributed by atoms with Crippen molar-refractivity contribution >= 4 is 15.7 Å². The van der Waals surface area contributed by atoms with E-state index in [9.17, 15) is 8.42 Å². The number of hydrogen-bond donors (Lipinski definition) is 1. The standard InChI is InChI=1S/C9H12N2O3S/c10-8-4-1-2-5-9(8)15(12,13)11-6-3-7-14-11/h1-2,4-5H,3,6-7,10H2. The maximum atomic E-state index is 12.0. The highest BCUT2D eigenvalue weighted by atomic mass is 32.2. The Labute approximate surface area is 88.4 Å². The topological polar surface area (TPSA) is 72.6 Å². The van der Waals surface area contributed by atoms with Crippen molar-refractivity contribution in [2.75, 3.05) is 18.9 Å². The van der Waals surface area contributed by atoms with Crippen LogP contribution in [0.5, 0.6) is 0 Å². The van der Waals surface area contributed by atoms with E-state index in [1.54, 1.807) is 18.2 Å². The summed E-state index contributed by atoms with van der Waals surface area (Å²) in [4.78, 5) is 5.12. The van der Waals surface area contributed by atoms with Gasteiger partial charge < -0.3 is 5.73 Å². The summed E-state index contributed by atoms with van der Waals surface area (Å²) in [6, 6.07) is 6.37. The van der Waals surface area contributed by atoms with Crippen molar-refractivity contribution in [1.82, 2.24) is 4.47 Å². The van der Waals surface area contributed by atoms with Crippen LogP contribution in [0.25, 0.3) is 0 Å². The fourth-order valence-corrected chi connectivity index (χ4v) is 2.86. The SMILES string of the molecule is Nc1ccccc1S(=O)(=O)N1CCCO1. The van der Waals surface area contributed by atoms with Gasteiger partial charge in [0.15, 0.2) is 0 Å². The van der Waals surface area contributed by atoms with E-state index in [1.807, 2.05) is 0 Å². The van der Waals surface area contributed by atoms with Crippen molar-refractivity contribution in [3.8, 4) is 0 Å². The summed E-state index contributed by atoms with van der Waals surface area (Å²) in [6.07, 6.45) is 0.714. The number of sulfonamides is 1. The summed E-state index contributed by atoms with van der Waals surface area (Å²) in [5, 5.41) is 0. The third-order valence-corrected chi connectivity index (χ3v) is 3.94. The average Bonchev–Trinajstić information content (AvgIpc) is 2.71. The van der Waals surface area contributed by atoms with Gasteiger partial charge in [0.1, 0.15) is 4.90 Å². The number of anilines is 1. The molecule has 2 rings (SSSR count). The van der Waals surface area contributed by atoms with Crippen molar-refractivity contribution in [2.45, 2.75) is 11.3 Å². The molecule has 1 fully saturated rings. The van der Waals surface area contributed by atoms with Gasteiger partial charge in [-0.25, -0.2) is 8.42 Å². The van der Waals surface area contributed by atoms with E-state index in [0.29, 0.717) is 19.6 Å². The predicted molar refractivity (Wildman–Crippen MR) is 55.3 cm³/mol. The lowest BCUT2D eigenvalue weighted by molar-refractivity contribution is -0.0284. The molecule has 15 heavy (non-hydrogen) atoms. The van der Waals surface area contributed by atoms with Crippen LogP contribution in [0, 0.1) is 0 Å². The predicted octanol–water partition coefficient (Wildman–Crippen LogP) is 0.595. The van der Waals surface area contributed by atoms with Gasteiger partial charge >= 0.3 is 0 Å². The van der Waals surface area contributed by atoms with Crippen LogP contribution in [-0.2, 0) is 14.9 Å². The number of nitrogen functional groups attached to an aromatic ring is 1. The number of nitrogens with zero attached hydrogens (tertiary/aromatic N) is 1. The summed E-state index contributed by atoms with van der Waals surface area (Å²) >= 11 is 0. The number of hydrogen-bond acceptors (Lipinski definition) is 4. The van der Waals surface area contributed by atoms with Gasteiger partial charge in [0.2, 0.25) is 0 Å². The van der Waals surface area contributed by atoms with E-state index in [0.717, 1.165) is 4.47 Å². The van der Waals surface area contributed by atoms with Gasteiger partial charge in [0, 0.05) is 6.54 Å². The van der Waals surface area contributed by atoms with E-state index < -0.39 is 10.0 Å². The number of rotatable bonds is 2. The fraction of sp³-hybridized carbons (Fsp3) is 0.333. The summed E-state index contributed by atoms with van der Waals surface area (Å²) < 4.78 is 25.0. The highest BCUT2D eigenvalue weighted by molar-refractivity contribution is 7.89. The molecule has 1 saturated heterocycles. The van der Waals surface area contributed by atoms with Crippen molar-refractivity contribution in [1.29, 1.82) is 0 Å². The molecule has 0 radical (unpaired) electrons. The second-order valence-corrected chi connectivity index (χ2v) is 5.05. The first-order chi connectivity index (χ1) is 7.12. The smallest absolute Gasteiger partial charge is 0.267 e. The van der Waals surface area contributed by atoms with Crippen molar-refractivity contribution in [3.63, 3.8) is 0 Å². The number of hydroxylamine groups is 1. The maximum Gasteiger partial charge on any atom is 0.267 e. The van der Waals surface area contributed by atoms with Gasteiger partial charge in [0.25, 0.3) is 10.0 Å². The van der Waals surface area contributed by atoms with Crippen LogP contribution >= 0.6 is 0 Å². The molecule has 1 heterocycles. The van der Waals surface area contributed by atoms with Crippen molar-refractivity contribution in [3.05, 3.63) is 24.3 Å². The molecule has 1 aromatic carbocycles. The molecule has 0 amide bonds. The Morgan fingerprint density at radius 1 is 1.33 bits per heavy atom. The zero-order valence-electron chi connectivity index (χ0n) is 8.09. The van der Waals surface area contributed by atoms with Crippen LogP contribution < -0.4 is 5.73 Å². The quantitative estimate of drug-likeness (QED) is 0.752. The third kappa shape index (κ3) is 1.83. The van der Waals surface area contributed by atoms with Crippen molar-refractivity contribution < 1.29 is 13.3 Å². The largest absolute Gasteiger partial charge is 0.398 e. The molecule has 1 aliphatic rings. The monoisotopic (exact) mass is 228 g/mol. The summed E-state index contributed by atoms with van der Waals surface area (Å²) in [5.74, 6) is 0. The highest BCUT2D eigenvalue weighted by Gasteiger charge is 2.29. The molecule has 82 valence electrons. The molecular weight excluding hydrogens is 216 g/mol. The fourth-order valence-electron chi connectivity index (χ4n) is 1.44. The first-order valence-electron chi connectivity index (χ1n) is 4.62. The second kappa shape index (κ2) is 3.80. The van der Waals surface area contributed by atoms with Gasteiger partial charge in [0.05, 0.1) is 12.3 Å². The first-order valence-corrected chi connectivity index (χ1v) is 6.06. The Hall–Kier alpha value is -1.11. The van der Waals surface area contributed by atoms with Crippen LogP contribution in [-0.4, -0.2) is 26.0 Å². The molecule has 0 spiro atoms. The van der Waals surface area contributed by atoms with E-state index >= 15 is 0 Å². The van der Waals surface area contributed by atoms with E-state index in [2.05, 4.69) is 0 Å². The van der Waals surface area contributed by atoms with Crippen LogP contribution in [0.3, 0.4) is 0 Å². The van der Waals surface area contributed by atoms with Crippen LogP contribution in [0.4, 0.5) is 5.69 Å². The Morgan fingerprint density at radius 2 is 2.07 bits per heavy atom. The van der Waals surface area contributed by atoms with Gasteiger partial charge in [-0.3, -0.25) is 4.84 Å². The number of benzene rings is 1. The molecular formula is C9H12N2O3S. The normalized spacial score (nSPS) is 18.1. The van der Waals surface area contributed by atoms with Gasteiger partial charge in [-0.1, -0.05) is 16.6 Å². The minimum Gasteiger partial charge on any atom is -0.398 e. The Kier molecular flexibility index (Phi) is 2.64. The molecule has 0 unspecified atom stereocenters. The lowest BCUT2D eigenvalue weighted by Gasteiger charge is -2.15. The summed E-state index contributed by atoms with van der Waals surface area (Å²) in [7, 11) is -3.58. The molecule has 6 heteroatoms. The Balaban J connectivity index is 2.41. The third-order valence-electron chi connectivity index (χ3n) is 2.19. The lowest BCUT2D eigenvalue weighted by Crippen LogP contribution is -2.27. The molecule has 0 bridgehead atoms. The Bertz CT molecular complexity index is 452. The highest BCUT2D eigenvalue weighted by Crippen LogP contribution is 2.24. The molecule has 0 saturated carbocycles. The van der Waals surface area contributed by atoms with Crippen LogP contribution in [0.15, 0.2) is 29.2 Å². The van der Waals surface area contributed by atoms with E-state index in [-0.39, 0.29) is 10.6 Å². The molecule has 2 N–H and O–H groups in total.